The van der Waals surface area contributed by atoms with Crippen LogP contribution < -0.4 is 15.9 Å². The van der Waals surface area contributed by atoms with Crippen LogP contribution in [0.4, 0.5) is 0 Å². The number of cyclic esters (lactones) is 1. The molecule has 3 aliphatic rings. The van der Waals surface area contributed by atoms with E-state index in [2.05, 4.69) is 96.1 Å². The summed E-state index contributed by atoms with van der Waals surface area (Å²) in [4.78, 5) is 47.3. The molecule has 0 radical (unpaired) electrons. The number of hydrogen-bond donors (Lipinski definition) is 6. The average molecular weight is 1280 g/mol. The Hall–Kier alpha value is -3.41. The van der Waals surface area contributed by atoms with Gasteiger partial charge in [0.25, 0.3) is 0 Å². The number of aliphatic hydroxyl groups excluding tert-OH is 3. The van der Waals surface area contributed by atoms with Crippen LogP contribution in [-0.4, -0.2) is 170 Å². The van der Waals surface area contributed by atoms with E-state index in [0.717, 1.165) is 107 Å². The van der Waals surface area contributed by atoms with E-state index in [1.807, 2.05) is 46.7 Å². The first-order chi connectivity index (χ1) is 42.0. The third-order valence-electron chi connectivity index (χ3n) is 21.1. The summed E-state index contributed by atoms with van der Waals surface area (Å²) < 4.78 is 32.2. The van der Waals surface area contributed by atoms with E-state index in [0.29, 0.717) is 19.0 Å². The van der Waals surface area contributed by atoms with Crippen molar-refractivity contribution in [1.82, 2.24) is 9.80 Å². The fourth-order valence-corrected chi connectivity index (χ4v) is 21.6. The molecular weight excluding hydrogens is 1160 g/mol. The first kappa shape index (κ1) is 75.6. The quantitative estimate of drug-likeness (QED) is 0.0314. The molecule has 0 aromatic heterocycles. The van der Waals surface area contributed by atoms with Gasteiger partial charge in [-0.25, -0.2) is 0 Å². The third kappa shape index (κ3) is 17.3. The number of nitrogens with zero attached hydrogens (tertiary/aromatic N) is 2. The Balaban J connectivity index is 1.15. The zero-order valence-electron chi connectivity index (χ0n) is 58.8. The molecule has 6 N–H and O–H groups in total. The molecule has 16 heteroatoms. The van der Waals surface area contributed by atoms with E-state index in [4.69, 9.17) is 23.7 Å². The van der Waals surface area contributed by atoms with E-state index in [-0.39, 0.29) is 50.3 Å². The molecule has 0 spiro atoms. The molecule has 3 heterocycles. The first-order valence-electron chi connectivity index (χ1n) is 34.2. The van der Waals surface area contributed by atoms with Crippen LogP contribution in [0.1, 0.15) is 199 Å². The van der Waals surface area contributed by atoms with Gasteiger partial charge in [0.05, 0.1) is 47.6 Å². The van der Waals surface area contributed by atoms with Gasteiger partial charge in [0.2, 0.25) is 5.91 Å². The Morgan fingerprint density at radius 2 is 1.16 bits per heavy atom. The van der Waals surface area contributed by atoms with Crippen molar-refractivity contribution < 1.29 is 63.7 Å². The summed E-state index contributed by atoms with van der Waals surface area (Å²) in [6, 6.07) is 18.7. The van der Waals surface area contributed by atoms with Gasteiger partial charge in [0, 0.05) is 32.0 Å². The monoisotopic (exact) mass is 1280 g/mol. The molecule has 0 aliphatic carbocycles. The molecule has 3 fully saturated rings. The Labute approximate surface area is 542 Å². The fraction of sp³-hybridized carbons (Fsp3) is 0.730. The van der Waals surface area contributed by atoms with E-state index in [1.54, 1.807) is 39.5 Å². The van der Waals surface area contributed by atoms with Crippen molar-refractivity contribution in [3.05, 3.63) is 88.0 Å². The number of benzene rings is 3. The number of amides is 1. The molecule has 510 valence electrons. The summed E-state index contributed by atoms with van der Waals surface area (Å²) >= 11 is 0. The van der Waals surface area contributed by atoms with Crippen LogP contribution in [0.15, 0.2) is 54.6 Å². The van der Waals surface area contributed by atoms with Crippen molar-refractivity contribution >= 4 is 34.6 Å². The SMILES string of the molecule is CC[C@H]1OC(=O)[C@H](C)C([C@H]2C[C@@](C)(OC)[C@@H](O)[C@H](C)O2)[C@H](C)[C@@H](O[C@@H]2O[C@H](C)C[C@H](N(C)C)[C@H]2O)[C@](C)(O)C[C@@H](C)CN(C(=O)CCCCCCCCCCCCP(O)(c2cc(C)cc(C)c2)(c2cc(C)cc(C)c2)c2cc(C)cc(C)c2)[C@H](C)[C@@H](O)[C@]1(C)O. The number of unbranched alkanes of at least 4 members (excludes halogenated alkanes) is 9. The number of carbonyl (C=O) groups is 2. The van der Waals surface area contributed by atoms with Crippen molar-refractivity contribution in [3.63, 3.8) is 0 Å². The van der Waals surface area contributed by atoms with Crippen LogP contribution in [-0.2, 0) is 33.3 Å². The maximum Gasteiger partial charge on any atom is 0.126 e. The standard InChI is InChI=1S/C74H121N2O13P/c1-20-63-74(16,83)67(79)56(12)76(45-52(8)43-72(14,82)69(89-71-66(78)61(75(17)18)42-53(9)86-71)54(10)65(55(11)70(81)88-63)62-44-73(15,85-19)68(80)57(13)87-62)64(77)31-29-27-25-23-21-22-24-26-28-30-32-90(84,58-36-46(2)33-47(3)37-58,59-38-48(4)34-49(5)39-59)60-40-50(6)35-51(7)41-60/h33-41,52-57,61-63,65-69,71,78-80,82-84H,20-32,42-45H2,1-19H3/t52-,53-,54+,55-,56-,57+,61+,62-,63-,65?,66-,67-,68+,69-,71+,72-,73-,74-/m1/s1. The molecule has 18 atom stereocenters. The van der Waals surface area contributed by atoms with E-state index in [1.165, 1.54) is 14.0 Å². The second kappa shape index (κ2) is 31.4. The van der Waals surface area contributed by atoms with Crippen LogP contribution in [0.3, 0.4) is 0 Å². The van der Waals surface area contributed by atoms with Crippen LogP contribution in [0.2, 0.25) is 0 Å². The molecule has 1 unspecified atom stereocenters. The molecule has 15 nitrogen and oxygen atoms in total. The Kier molecular flexibility index (Phi) is 26.4. The number of methoxy groups -OCH3 is 1. The van der Waals surface area contributed by atoms with Gasteiger partial charge in [-0.1, -0.05) is 27.7 Å². The molecule has 0 bridgehead atoms. The van der Waals surface area contributed by atoms with Gasteiger partial charge in [-0.2, -0.15) is 0 Å². The van der Waals surface area contributed by atoms with Crippen LogP contribution >= 0.6 is 6.83 Å². The van der Waals surface area contributed by atoms with Crippen molar-refractivity contribution in [3.8, 4) is 0 Å². The molecule has 3 aromatic carbocycles. The molecule has 6 rings (SSSR count). The zero-order valence-corrected chi connectivity index (χ0v) is 59.7. The number of hydrogen-bond acceptors (Lipinski definition) is 14. The largest absolute Gasteiger partial charge is 0.388 e. The predicted molar refractivity (Wildman–Crippen MR) is 363 cm³/mol. The van der Waals surface area contributed by atoms with Crippen molar-refractivity contribution in [2.45, 2.75) is 291 Å². The number of aryl methyl sites for hydroxylation is 6. The molecule has 3 aliphatic heterocycles. The molecule has 0 saturated carbocycles. The summed E-state index contributed by atoms with van der Waals surface area (Å²) in [7, 11) is 5.32. The van der Waals surface area contributed by atoms with Crippen molar-refractivity contribution in [1.29, 1.82) is 0 Å². The molecule has 3 saturated heterocycles. The molecule has 90 heavy (non-hydrogen) atoms. The van der Waals surface area contributed by atoms with E-state index < -0.39 is 108 Å². The normalized spacial score (nSPS) is 34.1. The third-order valence-corrected chi connectivity index (χ3v) is 26.4. The summed E-state index contributed by atoms with van der Waals surface area (Å²) in [5.41, 5.74) is 2.15. The number of carbonyl (C=O) groups excluding carboxylic acids is 2. The van der Waals surface area contributed by atoms with E-state index in [9.17, 15) is 40.0 Å². The Morgan fingerprint density at radius 1 is 0.689 bits per heavy atom. The van der Waals surface area contributed by atoms with Gasteiger partial charge >= 0.3 is 240 Å². The summed E-state index contributed by atoms with van der Waals surface area (Å²) in [6.07, 6.45) is 2.77. The summed E-state index contributed by atoms with van der Waals surface area (Å²) in [5.74, 6) is -3.69. The fourth-order valence-electron chi connectivity index (χ4n) is 16.2. The van der Waals surface area contributed by atoms with Gasteiger partial charge in [-0.15, -0.1) is 0 Å². The van der Waals surface area contributed by atoms with Crippen LogP contribution in [0.25, 0.3) is 0 Å². The van der Waals surface area contributed by atoms with Gasteiger partial charge in [0.1, 0.15) is 30.0 Å². The van der Waals surface area contributed by atoms with Crippen LogP contribution in [0.5, 0.6) is 0 Å². The van der Waals surface area contributed by atoms with Crippen LogP contribution in [0, 0.1) is 65.2 Å². The van der Waals surface area contributed by atoms with Gasteiger partial charge < -0.3 is 59.0 Å². The van der Waals surface area contributed by atoms with Crippen molar-refractivity contribution in [2.75, 3.05) is 33.9 Å². The molecule has 3 aromatic rings. The first-order valence-corrected chi connectivity index (χ1v) is 36.6. The molecular formula is C74H121N2O13P. The van der Waals surface area contributed by atoms with Gasteiger partial charge in [0.15, 0.2) is 6.29 Å². The topological polar surface area (TPSA) is 208 Å². The number of esters is 1. The second-order valence-corrected chi connectivity index (χ2v) is 34.2. The summed E-state index contributed by atoms with van der Waals surface area (Å²) in [6.45, 7) is 26.7. The smallest absolute Gasteiger partial charge is 0.126 e. The van der Waals surface area contributed by atoms with Gasteiger partial charge in [-0.3, -0.25) is 9.59 Å². The number of rotatable bonds is 22. The summed E-state index contributed by atoms with van der Waals surface area (Å²) in [5, 5.41) is 64.2. The Morgan fingerprint density at radius 3 is 1.61 bits per heavy atom. The predicted octanol–water partition coefficient (Wildman–Crippen LogP) is 10.6. The number of likely N-dealkylation sites (N-methyl/N-ethyl adjacent to an activating group) is 1. The van der Waals surface area contributed by atoms with E-state index >= 15 is 0 Å². The second-order valence-electron chi connectivity index (χ2n) is 29.7. The maximum atomic E-state index is 14.9. The average Bonchev–Trinajstić information content (AvgIpc) is 0.706. The van der Waals surface area contributed by atoms with Crippen molar-refractivity contribution in [2.24, 2.45) is 23.7 Å². The van der Waals surface area contributed by atoms with Gasteiger partial charge in [-0.05, 0) is 86.7 Å². The maximum absolute atomic E-state index is 14.9. The number of aliphatic hydroxyl groups is 5. The number of ether oxygens (including phenoxy) is 5. The molecule has 1 amide bonds. The zero-order chi connectivity index (χ0) is 67.0. The Bertz CT molecular complexity index is 2640. The minimum atomic E-state index is -3.95. The minimum absolute atomic E-state index is 0.0948. The minimum Gasteiger partial charge on any atom is -0.388 e.